The molecule has 5 N–H and O–H groups in total. The van der Waals surface area contributed by atoms with Gasteiger partial charge in [0.2, 0.25) is 6.79 Å². The number of hydrogen-bond acceptors (Lipinski definition) is 8. The maximum Gasteiger partial charge on any atom is 0.419 e. The van der Waals surface area contributed by atoms with Crippen LogP contribution in [-0.4, -0.2) is 77.0 Å². The summed E-state index contributed by atoms with van der Waals surface area (Å²) in [5.41, 5.74) is 8.28. The second kappa shape index (κ2) is 12.6. The van der Waals surface area contributed by atoms with E-state index in [0.717, 1.165) is 29.6 Å². The van der Waals surface area contributed by atoms with Gasteiger partial charge in [0.15, 0.2) is 5.84 Å². The lowest BCUT2D eigenvalue weighted by atomic mass is 10.1. The second-order valence-corrected chi connectivity index (χ2v) is 8.42. The molecule has 0 bridgehead atoms. The van der Waals surface area contributed by atoms with E-state index in [0.29, 0.717) is 22.5 Å². The van der Waals surface area contributed by atoms with Crippen LogP contribution in [0.25, 0.3) is 0 Å². The summed E-state index contributed by atoms with van der Waals surface area (Å²) < 4.78 is 9.29. The van der Waals surface area contributed by atoms with E-state index in [-0.39, 0.29) is 29.9 Å². The number of aromatic nitrogens is 1. The van der Waals surface area contributed by atoms with E-state index in [1.54, 1.807) is 32.0 Å². The molecular weight excluding hydrogens is 496 g/mol. The first-order chi connectivity index (χ1) is 18.2. The highest BCUT2D eigenvalue weighted by molar-refractivity contribution is 6.09. The fourth-order valence-corrected chi connectivity index (χ4v) is 3.42. The molecule has 1 heterocycles. The molecule has 2 aromatic rings. The van der Waals surface area contributed by atoms with Crippen LogP contribution in [-0.2, 0) is 14.3 Å². The molecule has 1 aromatic carbocycles. The molecule has 0 unspecified atom stereocenters. The minimum atomic E-state index is -1.03. The third-order valence-corrected chi connectivity index (χ3v) is 5.71. The third kappa shape index (κ3) is 6.82. The van der Waals surface area contributed by atoms with Gasteiger partial charge in [-0.05, 0) is 56.9 Å². The molecule has 1 aromatic heterocycles. The molecule has 3 amide bonds. The normalized spacial score (nSPS) is 13.3. The number of amides is 3. The van der Waals surface area contributed by atoms with E-state index >= 15 is 0 Å². The number of amidine groups is 1. The first kappa shape index (κ1) is 28.1. The van der Waals surface area contributed by atoms with E-state index in [1.807, 2.05) is 6.92 Å². The lowest BCUT2D eigenvalue weighted by Crippen LogP contribution is -2.38. The fraction of sp³-hybridized carbons (Fsp3) is 0.360. The molecule has 13 heteroatoms. The number of carbonyl (C=O) groups excluding carboxylic acids is 4. The number of hydrogen-bond donors (Lipinski definition) is 4. The van der Waals surface area contributed by atoms with Crippen LogP contribution in [0.5, 0.6) is 0 Å². The number of aromatic amines is 1. The van der Waals surface area contributed by atoms with Crippen molar-refractivity contribution in [2.75, 3.05) is 19.9 Å². The molecule has 1 saturated carbocycles. The van der Waals surface area contributed by atoms with Crippen molar-refractivity contribution in [3.63, 3.8) is 0 Å². The van der Waals surface area contributed by atoms with Gasteiger partial charge in [-0.15, -0.1) is 0 Å². The Morgan fingerprint density at radius 2 is 1.97 bits per heavy atom. The first-order valence-electron chi connectivity index (χ1n) is 11.9. The quantitative estimate of drug-likeness (QED) is 0.164. The number of ether oxygens (including phenoxy) is 2. The first-order valence-corrected chi connectivity index (χ1v) is 11.9. The van der Waals surface area contributed by atoms with Crippen molar-refractivity contribution < 1.29 is 33.8 Å². The van der Waals surface area contributed by atoms with Gasteiger partial charge in [-0.25, -0.2) is 24.5 Å². The molecular formula is C25H30N6O7. The molecule has 13 nitrogen and oxygen atoms in total. The summed E-state index contributed by atoms with van der Waals surface area (Å²) in [7, 11) is 0. The summed E-state index contributed by atoms with van der Waals surface area (Å²) in [5.74, 6) is -1.67. The van der Waals surface area contributed by atoms with Crippen molar-refractivity contribution >= 4 is 41.7 Å². The Kier molecular flexibility index (Phi) is 9.33. The number of benzene rings is 1. The van der Waals surface area contributed by atoms with E-state index < -0.39 is 31.4 Å². The van der Waals surface area contributed by atoms with Crippen LogP contribution in [0.15, 0.2) is 34.4 Å². The average Bonchev–Trinajstić information content (AvgIpc) is 3.63. The SMILES string of the molecule is CCN(C(=O)OCOC(=O)CO)C(=O)c1c[nH]c(C(N=CN)=Nc2cc(C(=O)NC3CC3)ccc2C)c1C. The summed E-state index contributed by atoms with van der Waals surface area (Å²) in [6.45, 7) is 3.41. The second-order valence-electron chi connectivity index (χ2n) is 8.42. The zero-order valence-electron chi connectivity index (χ0n) is 21.3. The van der Waals surface area contributed by atoms with Gasteiger partial charge in [-0.3, -0.25) is 9.59 Å². The summed E-state index contributed by atoms with van der Waals surface area (Å²) in [6, 6.07) is 5.37. The number of nitrogens with two attached hydrogens (primary N) is 1. The smallest absolute Gasteiger partial charge is 0.419 e. The summed E-state index contributed by atoms with van der Waals surface area (Å²) in [4.78, 5) is 61.5. The number of imide groups is 1. The molecule has 0 aliphatic heterocycles. The molecule has 1 aliphatic rings. The monoisotopic (exact) mass is 526 g/mol. The number of nitrogens with zero attached hydrogens (tertiary/aromatic N) is 3. The number of aryl methyl sites for hydroxylation is 1. The number of esters is 1. The molecule has 0 radical (unpaired) electrons. The standard InChI is InChI=1S/C25H30N6O7/c1-4-31(25(36)38-13-37-20(33)11-32)24(35)18-10-27-21(15(18)3)22(28-12-26)30-19-9-16(6-5-14(19)2)23(34)29-17-7-8-17/h5-6,9-10,12,17,27,32H,4,7-8,11,13H2,1-3H3,(H,29,34)(H2,26,28,30). The number of rotatable bonds is 9. The van der Waals surface area contributed by atoms with E-state index in [4.69, 9.17) is 15.6 Å². The van der Waals surface area contributed by atoms with Gasteiger partial charge in [-0.1, -0.05) is 6.07 Å². The lowest BCUT2D eigenvalue weighted by molar-refractivity contribution is -0.155. The summed E-state index contributed by atoms with van der Waals surface area (Å²) >= 11 is 0. The highest BCUT2D eigenvalue weighted by Crippen LogP contribution is 2.25. The minimum Gasteiger partial charge on any atom is -0.426 e. The van der Waals surface area contributed by atoms with Gasteiger partial charge >= 0.3 is 12.1 Å². The van der Waals surface area contributed by atoms with Crippen molar-refractivity contribution in [1.82, 2.24) is 15.2 Å². The number of carbonyl (C=O) groups is 4. The molecule has 3 rings (SSSR count). The molecule has 202 valence electrons. The summed E-state index contributed by atoms with van der Waals surface area (Å²) in [6.07, 6.45) is 3.37. The van der Waals surface area contributed by atoms with Crippen molar-refractivity contribution in [1.29, 1.82) is 0 Å². The van der Waals surface area contributed by atoms with Crippen molar-refractivity contribution in [2.45, 2.75) is 39.7 Å². The van der Waals surface area contributed by atoms with Crippen LogP contribution < -0.4 is 11.1 Å². The number of H-pyrrole nitrogens is 1. The van der Waals surface area contributed by atoms with Crippen LogP contribution in [0, 0.1) is 13.8 Å². The number of nitrogens with one attached hydrogen (secondary N) is 2. The van der Waals surface area contributed by atoms with Crippen LogP contribution in [0.4, 0.5) is 10.5 Å². The maximum atomic E-state index is 13.1. The summed E-state index contributed by atoms with van der Waals surface area (Å²) in [5, 5.41) is 11.6. The lowest BCUT2D eigenvalue weighted by Gasteiger charge is -2.18. The van der Waals surface area contributed by atoms with Crippen molar-refractivity contribution in [3.8, 4) is 0 Å². The molecule has 1 aliphatic carbocycles. The molecule has 0 saturated heterocycles. The van der Waals surface area contributed by atoms with Gasteiger partial charge in [0.25, 0.3) is 11.8 Å². The molecule has 0 atom stereocenters. The molecule has 38 heavy (non-hydrogen) atoms. The van der Waals surface area contributed by atoms with Gasteiger partial charge < -0.3 is 30.6 Å². The molecule has 1 fully saturated rings. The number of aliphatic hydroxyl groups excluding tert-OH is 1. The fourth-order valence-electron chi connectivity index (χ4n) is 3.42. The van der Waals surface area contributed by atoms with Gasteiger partial charge in [-0.2, -0.15) is 0 Å². The van der Waals surface area contributed by atoms with Gasteiger partial charge in [0.05, 0.1) is 23.3 Å². The predicted octanol–water partition coefficient (Wildman–Crippen LogP) is 1.68. The third-order valence-electron chi connectivity index (χ3n) is 5.71. The van der Waals surface area contributed by atoms with Crippen molar-refractivity contribution in [2.24, 2.45) is 15.7 Å². The minimum absolute atomic E-state index is 0.0254. The number of aliphatic imine (C=N–C) groups is 2. The number of aliphatic hydroxyl groups is 1. The highest BCUT2D eigenvalue weighted by Gasteiger charge is 2.27. The maximum absolute atomic E-state index is 13.1. The highest BCUT2D eigenvalue weighted by atomic mass is 16.7. The van der Waals surface area contributed by atoms with Crippen LogP contribution in [0.1, 0.15) is 57.3 Å². The van der Waals surface area contributed by atoms with Gasteiger partial charge in [0, 0.05) is 24.3 Å². The van der Waals surface area contributed by atoms with E-state index in [9.17, 15) is 19.2 Å². The zero-order valence-corrected chi connectivity index (χ0v) is 21.3. The Bertz CT molecular complexity index is 1280. The van der Waals surface area contributed by atoms with Crippen LogP contribution in [0.3, 0.4) is 0 Å². The van der Waals surface area contributed by atoms with Gasteiger partial charge in [0.1, 0.15) is 6.61 Å². The Morgan fingerprint density at radius 3 is 2.61 bits per heavy atom. The zero-order chi connectivity index (χ0) is 27.8. The predicted molar refractivity (Wildman–Crippen MR) is 137 cm³/mol. The van der Waals surface area contributed by atoms with E-state index in [1.165, 1.54) is 6.20 Å². The average molecular weight is 527 g/mol. The van der Waals surface area contributed by atoms with E-state index in [2.05, 4.69) is 25.0 Å². The van der Waals surface area contributed by atoms with Crippen molar-refractivity contribution in [3.05, 3.63) is 52.3 Å². The van der Waals surface area contributed by atoms with Crippen LogP contribution in [0.2, 0.25) is 0 Å². The topological polar surface area (TPSA) is 189 Å². The Morgan fingerprint density at radius 1 is 1.24 bits per heavy atom. The Hall–Kier alpha value is -4.52. The largest absolute Gasteiger partial charge is 0.426 e. The van der Waals surface area contributed by atoms with Crippen LogP contribution >= 0.6 is 0 Å². The molecule has 0 spiro atoms. The Balaban J connectivity index is 1.86. The Labute approximate surface area is 218 Å².